The molecule has 2 aromatic heterocycles. The van der Waals surface area contributed by atoms with Gasteiger partial charge in [-0.1, -0.05) is 20.3 Å². The van der Waals surface area contributed by atoms with Crippen molar-refractivity contribution >= 4 is 16.8 Å². The van der Waals surface area contributed by atoms with Crippen LogP contribution in [0.5, 0.6) is 5.75 Å². The number of amides is 1. The number of imidazole rings is 1. The summed E-state index contributed by atoms with van der Waals surface area (Å²) >= 11 is 0. The van der Waals surface area contributed by atoms with E-state index in [9.17, 15) is 9.90 Å². The molecule has 7 heteroatoms. The number of carbonyl (C=O) groups is 1. The SMILES string of the molecule is CCCCOc1ccc2c([C@H](O)CC(C)c3nc(C(N)=O)c[nH]3)c[nH]c2c1. The van der Waals surface area contributed by atoms with E-state index in [4.69, 9.17) is 10.5 Å². The number of hydrogen-bond acceptors (Lipinski definition) is 4. The maximum Gasteiger partial charge on any atom is 0.268 e. The molecule has 0 bridgehead atoms. The number of ether oxygens (including phenoxy) is 1. The average Bonchev–Trinajstić information content (AvgIpc) is 3.29. The first-order valence-electron chi connectivity index (χ1n) is 9.26. The smallest absolute Gasteiger partial charge is 0.268 e. The van der Waals surface area contributed by atoms with Gasteiger partial charge in [0.05, 0.1) is 12.7 Å². The van der Waals surface area contributed by atoms with E-state index in [0.29, 0.717) is 18.9 Å². The van der Waals surface area contributed by atoms with Crippen molar-refractivity contribution < 1.29 is 14.6 Å². The molecule has 144 valence electrons. The Balaban J connectivity index is 1.71. The van der Waals surface area contributed by atoms with Crippen LogP contribution >= 0.6 is 0 Å². The molecule has 2 heterocycles. The number of aliphatic hydroxyl groups is 1. The number of aromatic amines is 2. The predicted octanol–water partition coefficient (Wildman–Crippen LogP) is 3.40. The third-order valence-electron chi connectivity index (χ3n) is 4.70. The first-order chi connectivity index (χ1) is 13.0. The maximum absolute atomic E-state index is 11.2. The number of nitrogens with one attached hydrogen (secondary N) is 2. The molecule has 3 rings (SSSR count). The lowest BCUT2D eigenvalue weighted by Crippen LogP contribution is -2.11. The van der Waals surface area contributed by atoms with Crippen LogP contribution in [-0.2, 0) is 0 Å². The van der Waals surface area contributed by atoms with Crippen LogP contribution in [-0.4, -0.2) is 32.6 Å². The van der Waals surface area contributed by atoms with Gasteiger partial charge in [-0.3, -0.25) is 4.79 Å². The van der Waals surface area contributed by atoms with Crippen LogP contribution in [0.15, 0.2) is 30.6 Å². The summed E-state index contributed by atoms with van der Waals surface area (Å²) in [6, 6.07) is 5.85. The van der Waals surface area contributed by atoms with E-state index in [-0.39, 0.29) is 11.6 Å². The average molecular weight is 370 g/mol. The number of aliphatic hydroxyl groups excluding tert-OH is 1. The Morgan fingerprint density at radius 3 is 2.85 bits per heavy atom. The second kappa shape index (κ2) is 8.26. The Morgan fingerprint density at radius 1 is 1.33 bits per heavy atom. The van der Waals surface area contributed by atoms with E-state index in [1.54, 1.807) is 0 Å². The molecule has 3 aromatic rings. The van der Waals surface area contributed by atoms with Crippen LogP contribution in [0.25, 0.3) is 10.9 Å². The number of benzene rings is 1. The van der Waals surface area contributed by atoms with Gasteiger partial charge >= 0.3 is 0 Å². The molecule has 0 fully saturated rings. The van der Waals surface area contributed by atoms with Gasteiger partial charge in [-0.15, -0.1) is 0 Å². The number of H-pyrrole nitrogens is 2. The largest absolute Gasteiger partial charge is 0.494 e. The van der Waals surface area contributed by atoms with Crippen molar-refractivity contribution in [2.24, 2.45) is 5.73 Å². The number of primary amides is 1. The van der Waals surface area contributed by atoms with Crippen LogP contribution in [0.2, 0.25) is 0 Å². The highest BCUT2D eigenvalue weighted by molar-refractivity contribution is 5.90. The van der Waals surface area contributed by atoms with Gasteiger partial charge in [0.15, 0.2) is 0 Å². The van der Waals surface area contributed by atoms with Gasteiger partial charge in [0.25, 0.3) is 5.91 Å². The lowest BCUT2D eigenvalue weighted by Gasteiger charge is -2.14. The molecule has 0 spiro atoms. The fourth-order valence-corrected chi connectivity index (χ4v) is 3.12. The molecule has 2 atom stereocenters. The minimum Gasteiger partial charge on any atom is -0.494 e. The van der Waals surface area contributed by atoms with Crippen LogP contribution in [0.1, 0.15) is 67.0 Å². The van der Waals surface area contributed by atoms with Gasteiger partial charge in [-0.05, 0) is 25.0 Å². The van der Waals surface area contributed by atoms with Gasteiger partial charge in [0.2, 0.25) is 0 Å². The van der Waals surface area contributed by atoms with Gasteiger partial charge in [-0.25, -0.2) is 4.98 Å². The Bertz CT molecular complexity index is 915. The van der Waals surface area contributed by atoms with E-state index in [1.807, 2.05) is 31.3 Å². The quantitative estimate of drug-likeness (QED) is 0.432. The first kappa shape index (κ1) is 19.0. The standard InChI is InChI=1S/C20H26N4O3/c1-3-4-7-27-13-5-6-14-15(10-22-16(14)9-13)18(25)8-12(2)20-23-11-17(24-20)19(21)26/h5-6,9-12,18,22,25H,3-4,7-8H2,1-2H3,(H2,21,26)(H,23,24)/t12?,18-/m1/s1. The number of unbranched alkanes of at least 4 members (excludes halogenated alkanes) is 1. The zero-order valence-corrected chi connectivity index (χ0v) is 15.7. The molecule has 0 aliphatic rings. The summed E-state index contributed by atoms with van der Waals surface area (Å²) in [6.45, 7) is 4.77. The van der Waals surface area contributed by atoms with E-state index >= 15 is 0 Å². The Labute approximate surface area is 158 Å². The molecule has 1 unspecified atom stereocenters. The summed E-state index contributed by atoms with van der Waals surface area (Å²) in [5, 5.41) is 11.7. The minimum atomic E-state index is -0.664. The summed E-state index contributed by atoms with van der Waals surface area (Å²) in [6.07, 6.45) is 5.24. The van der Waals surface area contributed by atoms with Crippen molar-refractivity contribution in [3.05, 3.63) is 47.7 Å². The van der Waals surface area contributed by atoms with Crippen LogP contribution in [0.4, 0.5) is 0 Å². The van der Waals surface area contributed by atoms with Crippen LogP contribution < -0.4 is 10.5 Å². The second-order valence-corrected chi connectivity index (χ2v) is 6.84. The number of fused-ring (bicyclic) bond motifs is 1. The predicted molar refractivity (Wildman–Crippen MR) is 104 cm³/mol. The van der Waals surface area contributed by atoms with Gasteiger partial charge in [-0.2, -0.15) is 0 Å². The number of hydrogen-bond donors (Lipinski definition) is 4. The van der Waals surface area contributed by atoms with Crippen LogP contribution in [0.3, 0.4) is 0 Å². The van der Waals surface area contributed by atoms with Crippen molar-refractivity contribution in [2.75, 3.05) is 6.61 Å². The second-order valence-electron chi connectivity index (χ2n) is 6.84. The fourth-order valence-electron chi connectivity index (χ4n) is 3.12. The van der Waals surface area contributed by atoms with E-state index < -0.39 is 12.0 Å². The zero-order chi connectivity index (χ0) is 19.4. The first-order valence-corrected chi connectivity index (χ1v) is 9.26. The van der Waals surface area contributed by atoms with Gasteiger partial charge in [0.1, 0.15) is 17.3 Å². The van der Waals surface area contributed by atoms with Crippen molar-refractivity contribution in [1.82, 2.24) is 15.0 Å². The molecule has 0 saturated carbocycles. The Hall–Kier alpha value is -2.80. The zero-order valence-electron chi connectivity index (χ0n) is 15.7. The van der Waals surface area contributed by atoms with Gasteiger partial charge in [0, 0.05) is 40.8 Å². The minimum absolute atomic E-state index is 0.0605. The number of nitrogens with two attached hydrogens (primary N) is 1. The summed E-state index contributed by atoms with van der Waals surface area (Å²) in [5.74, 6) is 0.824. The number of carbonyl (C=O) groups excluding carboxylic acids is 1. The maximum atomic E-state index is 11.2. The highest BCUT2D eigenvalue weighted by atomic mass is 16.5. The molecule has 1 aromatic carbocycles. The Morgan fingerprint density at radius 2 is 2.15 bits per heavy atom. The highest BCUT2D eigenvalue weighted by Crippen LogP contribution is 2.32. The monoisotopic (exact) mass is 370 g/mol. The molecule has 5 N–H and O–H groups in total. The molecule has 1 amide bonds. The molecular formula is C20H26N4O3. The molecule has 0 aliphatic heterocycles. The van der Waals surface area contributed by atoms with E-state index in [2.05, 4.69) is 21.9 Å². The van der Waals surface area contributed by atoms with Crippen molar-refractivity contribution in [2.45, 2.75) is 45.1 Å². The van der Waals surface area contributed by atoms with Gasteiger partial charge < -0.3 is 25.5 Å². The van der Waals surface area contributed by atoms with E-state index in [0.717, 1.165) is 35.1 Å². The van der Waals surface area contributed by atoms with Crippen molar-refractivity contribution in [3.8, 4) is 5.75 Å². The lowest BCUT2D eigenvalue weighted by molar-refractivity contribution is 0.0996. The normalized spacial score (nSPS) is 13.6. The lowest BCUT2D eigenvalue weighted by atomic mass is 9.97. The fraction of sp³-hybridized carbons (Fsp3) is 0.400. The molecule has 0 radical (unpaired) electrons. The highest BCUT2D eigenvalue weighted by Gasteiger charge is 2.20. The third-order valence-corrected chi connectivity index (χ3v) is 4.70. The molecule has 27 heavy (non-hydrogen) atoms. The number of aromatic nitrogens is 3. The topological polar surface area (TPSA) is 117 Å². The molecule has 0 aliphatic carbocycles. The summed E-state index contributed by atoms with van der Waals surface area (Å²) in [5.41, 5.74) is 7.20. The summed E-state index contributed by atoms with van der Waals surface area (Å²) < 4.78 is 5.74. The van der Waals surface area contributed by atoms with Crippen LogP contribution in [0, 0.1) is 0 Å². The summed E-state index contributed by atoms with van der Waals surface area (Å²) in [7, 11) is 0. The number of rotatable bonds is 9. The van der Waals surface area contributed by atoms with E-state index in [1.165, 1.54) is 6.20 Å². The Kier molecular flexibility index (Phi) is 5.81. The summed E-state index contributed by atoms with van der Waals surface area (Å²) in [4.78, 5) is 21.5. The molecular weight excluding hydrogens is 344 g/mol. The van der Waals surface area contributed by atoms with Crippen molar-refractivity contribution in [3.63, 3.8) is 0 Å². The van der Waals surface area contributed by atoms with Crippen molar-refractivity contribution in [1.29, 1.82) is 0 Å². The number of nitrogens with zero attached hydrogens (tertiary/aromatic N) is 1. The molecule has 0 saturated heterocycles. The molecule has 7 nitrogen and oxygen atoms in total. The third kappa shape index (κ3) is 4.31.